The second-order valence-electron chi connectivity index (χ2n) is 10.2. The molecule has 9 nitrogen and oxygen atoms in total. The van der Waals surface area contributed by atoms with Gasteiger partial charge in [-0.05, 0) is 57.4 Å². The van der Waals surface area contributed by atoms with Crippen molar-refractivity contribution in [3.63, 3.8) is 0 Å². The van der Waals surface area contributed by atoms with Crippen LogP contribution in [0, 0.1) is 0 Å². The van der Waals surface area contributed by atoms with E-state index in [2.05, 4.69) is 20.6 Å². The highest BCUT2D eigenvalue weighted by atomic mass is 16.6. The highest BCUT2D eigenvalue weighted by molar-refractivity contribution is 5.91. The highest BCUT2D eigenvalue weighted by Crippen LogP contribution is 2.33. The average molecular weight is 492 g/mol. The van der Waals surface area contributed by atoms with Gasteiger partial charge in [-0.3, -0.25) is 14.5 Å². The van der Waals surface area contributed by atoms with Gasteiger partial charge in [0.05, 0.1) is 0 Å². The number of aromatic amines is 1. The summed E-state index contributed by atoms with van der Waals surface area (Å²) in [5.41, 5.74) is 2.01. The van der Waals surface area contributed by atoms with Crippen LogP contribution in [0.2, 0.25) is 0 Å². The fourth-order valence-electron chi connectivity index (χ4n) is 4.37. The molecule has 2 unspecified atom stereocenters. The molecule has 36 heavy (non-hydrogen) atoms. The first-order valence-electron chi connectivity index (χ1n) is 12.2. The lowest BCUT2D eigenvalue weighted by atomic mass is 9.96. The van der Waals surface area contributed by atoms with Crippen molar-refractivity contribution in [2.45, 2.75) is 64.3 Å². The van der Waals surface area contributed by atoms with E-state index < -0.39 is 23.8 Å². The van der Waals surface area contributed by atoms with E-state index in [0.29, 0.717) is 13.0 Å². The molecular weight excluding hydrogens is 458 g/mol. The fourth-order valence-corrected chi connectivity index (χ4v) is 4.37. The van der Waals surface area contributed by atoms with Crippen LogP contribution < -0.4 is 10.6 Å². The average Bonchev–Trinajstić information content (AvgIpc) is 3.49. The third-order valence-corrected chi connectivity index (χ3v) is 6.18. The highest BCUT2D eigenvalue weighted by Gasteiger charge is 2.42. The Labute approximate surface area is 210 Å². The van der Waals surface area contributed by atoms with Crippen molar-refractivity contribution in [2.24, 2.45) is 0 Å². The van der Waals surface area contributed by atoms with Crippen LogP contribution in [0.15, 0.2) is 54.9 Å². The van der Waals surface area contributed by atoms with Crippen molar-refractivity contribution in [1.82, 2.24) is 25.5 Å². The Morgan fingerprint density at radius 2 is 1.94 bits per heavy atom. The summed E-state index contributed by atoms with van der Waals surface area (Å²) in [6.45, 7) is 7.66. The number of nitrogens with one attached hydrogen (secondary N) is 3. The topological polar surface area (TPSA) is 116 Å². The predicted molar refractivity (Wildman–Crippen MR) is 136 cm³/mol. The van der Waals surface area contributed by atoms with E-state index in [4.69, 9.17) is 4.74 Å². The molecule has 1 aliphatic heterocycles. The normalized spacial score (nSPS) is 18.6. The molecule has 190 valence electrons. The molecule has 0 spiro atoms. The van der Waals surface area contributed by atoms with Crippen LogP contribution in [0.1, 0.15) is 51.2 Å². The number of nitrogens with zero attached hydrogens (tertiary/aromatic N) is 2. The molecule has 1 saturated heterocycles. The number of likely N-dealkylation sites (tertiary alicyclic amines) is 1. The molecule has 3 heterocycles. The maximum absolute atomic E-state index is 13.3. The minimum atomic E-state index is -0.780. The van der Waals surface area contributed by atoms with Crippen LogP contribution in [0.4, 0.5) is 4.79 Å². The minimum absolute atomic E-state index is 0.00514. The predicted octanol–water partition coefficient (Wildman–Crippen LogP) is 3.48. The van der Waals surface area contributed by atoms with Crippen molar-refractivity contribution in [1.29, 1.82) is 0 Å². The lowest BCUT2D eigenvalue weighted by molar-refractivity contribution is -0.131. The van der Waals surface area contributed by atoms with Crippen LogP contribution in [-0.4, -0.2) is 57.0 Å². The number of rotatable bonds is 6. The molecule has 0 bridgehead atoms. The molecule has 1 fully saturated rings. The Bertz CT molecular complexity index is 1230. The van der Waals surface area contributed by atoms with Gasteiger partial charge >= 0.3 is 6.09 Å². The maximum Gasteiger partial charge on any atom is 0.410 e. The molecule has 9 heteroatoms. The molecular formula is C27H33N5O4. The van der Waals surface area contributed by atoms with Gasteiger partial charge in [0.1, 0.15) is 23.3 Å². The van der Waals surface area contributed by atoms with Crippen LogP contribution >= 0.6 is 0 Å². The molecule has 0 radical (unpaired) electrons. The molecule has 3 aromatic rings. The van der Waals surface area contributed by atoms with Gasteiger partial charge in [-0.2, -0.15) is 0 Å². The van der Waals surface area contributed by atoms with Crippen molar-refractivity contribution < 1.29 is 19.1 Å². The van der Waals surface area contributed by atoms with Crippen LogP contribution in [0.3, 0.4) is 0 Å². The zero-order valence-electron chi connectivity index (χ0n) is 21.1. The lowest BCUT2D eigenvalue weighted by Gasteiger charge is -2.28. The summed E-state index contributed by atoms with van der Waals surface area (Å²) in [6, 6.07) is 12.1. The van der Waals surface area contributed by atoms with E-state index in [9.17, 15) is 14.4 Å². The summed E-state index contributed by atoms with van der Waals surface area (Å²) in [5.74, 6) is -0.703. The SMILES string of the molecule is CC(NC(=O)[C@H]1CC(c2ccccc2)CN1C(=O)OC(C)(C)C)C(=O)NCc1cnc2[nH]ccc2c1. The lowest BCUT2D eigenvalue weighted by Crippen LogP contribution is -2.52. The largest absolute Gasteiger partial charge is 0.444 e. The van der Waals surface area contributed by atoms with Gasteiger partial charge in [0.15, 0.2) is 0 Å². The second-order valence-corrected chi connectivity index (χ2v) is 10.2. The van der Waals surface area contributed by atoms with Crippen molar-refractivity contribution in [3.05, 3.63) is 66.0 Å². The molecule has 2 aromatic heterocycles. The van der Waals surface area contributed by atoms with Crippen LogP contribution in [-0.2, 0) is 20.9 Å². The monoisotopic (exact) mass is 491 g/mol. The second kappa shape index (κ2) is 10.4. The molecule has 3 atom stereocenters. The number of amides is 3. The van der Waals surface area contributed by atoms with Gasteiger partial charge in [-0.25, -0.2) is 9.78 Å². The van der Waals surface area contributed by atoms with Gasteiger partial charge in [-0.1, -0.05) is 30.3 Å². The number of pyridine rings is 1. The van der Waals surface area contributed by atoms with E-state index in [1.54, 1.807) is 33.9 Å². The van der Waals surface area contributed by atoms with Gasteiger partial charge in [-0.15, -0.1) is 0 Å². The summed E-state index contributed by atoms with van der Waals surface area (Å²) in [4.78, 5) is 47.7. The molecule has 3 N–H and O–H groups in total. The number of fused-ring (bicyclic) bond motifs is 1. The Morgan fingerprint density at radius 1 is 1.19 bits per heavy atom. The molecule has 1 aliphatic rings. The quantitative estimate of drug-likeness (QED) is 0.488. The number of H-pyrrole nitrogens is 1. The number of ether oxygens (including phenoxy) is 1. The van der Waals surface area contributed by atoms with Crippen LogP contribution in [0.25, 0.3) is 11.0 Å². The number of hydrogen-bond donors (Lipinski definition) is 3. The summed E-state index contributed by atoms with van der Waals surface area (Å²) in [5, 5.41) is 6.58. The van der Waals surface area contributed by atoms with Gasteiger partial charge in [0.25, 0.3) is 0 Å². The Balaban J connectivity index is 1.39. The van der Waals surface area contributed by atoms with Gasteiger partial charge < -0.3 is 20.4 Å². The summed E-state index contributed by atoms with van der Waals surface area (Å²) < 4.78 is 5.57. The fraction of sp³-hybridized carbons (Fsp3) is 0.407. The third kappa shape index (κ3) is 6.02. The first-order chi connectivity index (χ1) is 17.1. The van der Waals surface area contributed by atoms with Gasteiger partial charge in [0.2, 0.25) is 11.8 Å². The third-order valence-electron chi connectivity index (χ3n) is 6.18. The van der Waals surface area contributed by atoms with Crippen molar-refractivity contribution >= 4 is 28.9 Å². The molecule has 4 rings (SSSR count). The maximum atomic E-state index is 13.3. The summed E-state index contributed by atoms with van der Waals surface area (Å²) in [6.07, 6.45) is 3.42. The smallest absolute Gasteiger partial charge is 0.410 e. The molecule has 3 amide bonds. The molecule has 0 aliphatic carbocycles. The van der Waals surface area contributed by atoms with E-state index in [1.165, 1.54) is 4.90 Å². The van der Waals surface area contributed by atoms with Crippen molar-refractivity contribution in [3.8, 4) is 0 Å². The van der Waals surface area contributed by atoms with E-state index in [0.717, 1.165) is 22.2 Å². The zero-order chi connectivity index (χ0) is 25.9. The van der Waals surface area contributed by atoms with Gasteiger partial charge in [0, 0.05) is 36.8 Å². The number of aromatic nitrogens is 2. The first kappa shape index (κ1) is 25.2. The van der Waals surface area contributed by atoms with Crippen LogP contribution in [0.5, 0.6) is 0 Å². The Morgan fingerprint density at radius 3 is 2.67 bits per heavy atom. The molecule has 1 aromatic carbocycles. The Hall–Kier alpha value is -3.88. The first-order valence-corrected chi connectivity index (χ1v) is 12.2. The number of hydrogen-bond acceptors (Lipinski definition) is 5. The molecule has 0 saturated carbocycles. The summed E-state index contributed by atoms with van der Waals surface area (Å²) in [7, 11) is 0. The minimum Gasteiger partial charge on any atom is -0.444 e. The number of carbonyl (C=O) groups excluding carboxylic acids is 3. The Kier molecular flexibility index (Phi) is 7.28. The standard InChI is InChI=1S/C27H33N5O4/c1-17(24(33)30-15-18-12-20-10-11-28-23(20)29-14-18)31-25(34)22-13-21(19-8-6-5-7-9-19)16-32(22)26(35)36-27(2,3)4/h5-12,14,17,21-22H,13,15-16H2,1-4H3,(H,28,29)(H,30,33)(H,31,34)/t17?,21?,22-/m1/s1. The van der Waals surface area contributed by atoms with E-state index in [-0.39, 0.29) is 24.3 Å². The summed E-state index contributed by atoms with van der Waals surface area (Å²) >= 11 is 0. The van der Waals surface area contributed by atoms with Crippen molar-refractivity contribution in [2.75, 3.05) is 6.54 Å². The van der Waals surface area contributed by atoms with E-state index in [1.807, 2.05) is 48.7 Å². The number of benzene rings is 1. The number of carbonyl (C=O) groups is 3. The van der Waals surface area contributed by atoms with E-state index >= 15 is 0 Å². The zero-order valence-corrected chi connectivity index (χ0v) is 21.1.